The maximum Gasteiger partial charge on any atom is 0.335 e. The minimum absolute atomic E-state index is 0.109. The van der Waals surface area contributed by atoms with Crippen LogP contribution in [-0.4, -0.2) is 29.2 Å². The Morgan fingerprint density at radius 3 is 2.79 bits per heavy atom. The number of hydrogen-bond donors (Lipinski definition) is 3. The van der Waals surface area contributed by atoms with Crippen LogP contribution >= 0.6 is 0 Å². The van der Waals surface area contributed by atoms with Gasteiger partial charge < -0.3 is 15.5 Å². The molecule has 0 unspecified atom stereocenters. The summed E-state index contributed by atoms with van der Waals surface area (Å²) in [5.41, 5.74) is 1.04. The van der Waals surface area contributed by atoms with E-state index in [1.807, 2.05) is 13.0 Å². The molecule has 4 nitrogen and oxygen atoms in total. The van der Waals surface area contributed by atoms with Crippen LogP contribution in [0.15, 0.2) is 72.7 Å². The van der Waals surface area contributed by atoms with Crippen molar-refractivity contribution in [3.63, 3.8) is 0 Å². The summed E-state index contributed by atoms with van der Waals surface area (Å²) in [6.45, 7) is -1.17. The van der Waals surface area contributed by atoms with E-state index in [1.165, 1.54) is 24.3 Å². The van der Waals surface area contributed by atoms with Crippen molar-refractivity contribution in [1.29, 1.82) is 0 Å². The van der Waals surface area contributed by atoms with Crippen LogP contribution in [0.1, 0.15) is 50.5 Å². The molecule has 0 aromatic heterocycles. The quantitative estimate of drug-likeness (QED) is 0.493. The molecular weight excluding hydrogens is 362 g/mol. The lowest BCUT2D eigenvalue weighted by atomic mass is 9.99. The topological polar surface area (TPSA) is 69.6 Å². The van der Waals surface area contributed by atoms with Gasteiger partial charge in [0.2, 0.25) is 0 Å². The van der Waals surface area contributed by atoms with Gasteiger partial charge in [-0.25, -0.2) is 4.79 Å². The Morgan fingerprint density at radius 1 is 1.17 bits per heavy atom. The summed E-state index contributed by atoms with van der Waals surface area (Å²) < 4.78 is 66.8. The van der Waals surface area contributed by atoms with Crippen LogP contribution in [0.4, 0.5) is 0 Å². The van der Waals surface area contributed by atoms with Crippen molar-refractivity contribution in [2.24, 2.45) is 0 Å². The van der Waals surface area contributed by atoms with Crippen molar-refractivity contribution in [2.45, 2.75) is 25.8 Å². The molecule has 0 aliphatic heterocycles. The number of hydrogen-bond acceptors (Lipinski definition) is 3. The molecule has 1 atom stereocenters. The van der Waals surface area contributed by atoms with Gasteiger partial charge in [0, 0.05) is 12.0 Å². The minimum atomic E-state index is -2.71. The van der Waals surface area contributed by atoms with Crippen molar-refractivity contribution in [1.82, 2.24) is 5.32 Å². The lowest BCUT2D eigenvalue weighted by Gasteiger charge is -2.13. The molecule has 3 rings (SSSR count). The van der Waals surface area contributed by atoms with E-state index in [0.717, 1.165) is 5.56 Å². The van der Waals surface area contributed by atoms with E-state index in [0.29, 0.717) is 5.56 Å². The molecule has 3 N–H and O–H groups in total. The minimum Gasteiger partial charge on any atom is -0.478 e. The Morgan fingerprint density at radius 2 is 2.00 bits per heavy atom. The second-order valence-corrected chi connectivity index (χ2v) is 6.53. The number of carboxylic acids is 1. The Kier molecular flexibility index (Phi) is 4.34. The zero-order valence-electron chi connectivity index (χ0n) is 23.9. The fraction of sp³-hybridized carbons (Fsp3) is 0.240. The molecule has 0 aliphatic rings. The first-order valence-electron chi connectivity index (χ1n) is 13.1. The first-order valence-corrected chi connectivity index (χ1v) is 9.09. The van der Waals surface area contributed by atoms with Gasteiger partial charge in [-0.2, -0.15) is 0 Å². The normalized spacial score (nSPS) is 16.9. The van der Waals surface area contributed by atoms with Crippen molar-refractivity contribution in [3.05, 3.63) is 95.0 Å². The molecule has 3 aromatic rings. The van der Waals surface area contributed by atoms with E-state index in [9.17, 15) is 15.0 Å². The van der Waals surface area contributed by atoms with Crippen LogP contribution in [0.25, 0.3) is 11.1 Å². The number of nitrogens with one attached hydrogen (secondary N) is 1. The zero-order valence-corrected chi connectivity index (χ0v) is 15.9. The van der Waals surface area contributed by atoms with Crippen LogP contribution in [0, 0.1) is 6.92 Å². The van der Waals surface area contributed by atoms with Gasteiger partial charge in [0.25, 0.3) is 0 Å². The maximum atomic E-state index is 11.4. The second kappa shape index (κ2) is 10.0. The predicted octanol–water partition coefficient (Wildman–Crippen LogP) is 4.62. The summed E-state index contributed by atoms with van der Waals surface area (Å²) in [4.78, 5) is 11.4. The molecule has 0 saturated heterocycles. The maximum absolute atomic E-state index is 11.4. The van der Waals surface area contributed by atoms with Crippen molar-refractivity contribution < 1.29 is 26.0 Å². The van der Waals surface area contributed by atoms with Gasteiger partial charge in [0.15, 0.2) is 0 Å². The second-order valence-electron chi connectivity index (χ2n) is 6.53. The summed E-state index contributed by atoms with van der Waals surface area (Å²) in [5.74, 6) is -1.23. The zero-order chi connectivity index (χ0) is 27.7. The number of aliphatic hydroxyl groups excluding tert-OH is 1. The van der Waals surface area contributed by atoms with E-state index in [-0.39, 0.29) is 28.8 Å². The highest BCUT2D eigenvalue weighted by Gasteiger charge is 2.07. The Balaban J connectivity index is 1.94. The highest BCUT2D eigenvalue weighted by Crippen LogP contribution is 2.22. The van der Waals surface area contributed by atoms with Crippen LogP contribution in [0.5, 0.6) is 0 Å². The summed E-state index contributed by atoms with van der Waals surface area (Å²) in [6.07, 6.45) is -4.58. The van der Waals surface area contributed by atoms with Gasteiger partial charge >= 0.3 is 5.97 Å². The number of aliphatic hydroxyl groups is 1. The molecule has 0 fully saturated rings. The number of benzene rings is 3. The number of aromatic carboxylic acids is 1. The highest BCUT2D eigenvalue weighted by atomic mass is 16.4. The summed E-state index contributed by atoms with van der Waals surface area (Å²) in [6, 6.07) is 10.3. The van der Waals surface area contributed by atoms with Gasteiger partial charge in [-0.1, -0.05) is 66.1 Å². The summed E-state index contributed by atoms with van der Waals surface area (Å²) in [5, 5.41) is 22.1. The van der Waals surface area contributed by atoms with E-state index in [1.54, 1.807) is 18.2 Å². The monoisotopic (exact) mass is 397 g/mol. The molecule has 0 spiro atoms. The summed E-state index contributed by atoms with van der Waals surface area (Å²) >= 11 is 0. The number of aryl methyl sites for hydroxylation is 1. The van der Waals surface area contributed by atoms with Gasteiger partial charge in [0.1, 0.15) is 0 Å². The third-order valence-corrected chi connectivity index (χ3v) is 4.24. The molecule has 0 saturated carbocycles. The molecule has 0 heterocycles. The van der Waals surface area contributed by atoms with Gasteiger partial charge in [-0.3, -0.25) is 0 Å². The van der Waals surface area contributed by atoms with Crippen LogP contribution in [0.2, 0.25) is 0 Å². The first-order chi connectivity index (χ1) is 17.2. The van der Waals surface area contributed by atoms with E-state index in [4.69, 9.17) is 11.0 Å². The standard InChI is InChI=1S/C25H27NO3/c1-18-6-2-11-22(14-18)24(27)17-26-13-5-8-19-7-3-9-20(15-19)21-10-4-12-23(16-21)25(28)29/h2-4,6-7,9-12,14-16,24,26-27H,5,8,13,17H2,1H3,(H,28,29)/t24-/m0/s1/i3D,5D2,7D,9D,13D2,15D. The van der Waals surface area contributed by atoms with E-state index < -0.39 is 55.5 Å². The summed E-state index contributed by atoms with van der Waals surface area (Å²) in [7, 11) is 0. The number of carboxylic acid groups (broad SMARTS) is 1. The molecular formula is C25H27NO3. The fourth-order valence-electron chi connectivity index (χ4n) is 2.76. The fourth-order valence-corrected chi connectivity index (χ4v) is 2.76. The number of rotatable bonds is 9. The molecule has 150 valence electrons. The smallest absolute Gasteiger partial charge is 0.335 e. The predicted molar refractivity (Wildman–Crippen MR) is 116 cm³/mol. The van der Waals surface area contributed by atoms with Crippen molar-refractivity contribution in [3.8, 4) is 11.1 Å². The molecule has 3 aromatic carbocycles. The number of carbonyl (C=O) groups is 1. The van der Waals surface area contributed by atoms with E-state index >= 15 is 0 Å². The molecule has 0 radical (unpaired) electrons. The molecule has 29 heavy (non-hydrogen) atoms. The molecule has 0 bridgehead atoms. The van der Waals surface area contributed by atoms with Gasteiger partial charge in [-0.15, -0.1) is 0 Å². The third-order valence-electron chi connectivity index (χ3n) is 4.24. The average Bonchev–Trinajstić information content (AvgIpc) is 2.84. The third kappa shape index (κ3) is 6.01. The van der Waals surface area contributed by atoms with Gasteiger partial charge in [-0.05, 0) is 60.6 Å². The van der Waals surface area contributed by atoms with Crippen LogP contribution in [-0.2, 0) is 6.42 Å². The molecule has 0 amide bonds. The lowest BCUT2D eigenvalue weighted by Crippen LogP contribution is -2.22. The van der Waals surface area contributed by atoms with Crippen molar-refractivity contribution >= 4 is 5.97 Å². The van der Waals surface area contributed by atoms with E-state index in [2.05, 4.69) is 5.32 Å². The lowest BCUT2D eigenvalue weighted by molar-refractivity contribution is 0.0697. The average molecular weight is 398 g/mol. The van der Waals surface area contributed by atoms with Gasteiger partial charge in [0.05, 0.1) is 17.2 Å². The van der Waals surface area contributed by atoms with Crippen molar-refractivity contribution in [2.75, 3.05) is 13.0 Å². The first kappa shape index (κ1) is 12.6. The molecule has 0 aliphatic carbocycles. The Labute approximate surface area is 183 Å². The van der Waals surface area contributed by atoms with Crippen LogP contribution in [0.3, 0.4) is 0 Å². The Hall–Kier alpha value is -2.95. The Bertz CT molecular complexity index is 1330. The SMILES string of the molecule is [2H]c1c([2H])c(CC([2H])([2H])C([2H])([2H])NC[C@H](O)c2cccc(C)c2)c([2H])c(-c2cccc(C(=O)O)c2)c1[2H]. The molecule has 4 heteroatoms. The van der Waals surface area contributed by atoms with Crippen LogP contribution < -0.4 is 5.32 Å². The largest absolute Gasteiger partial charge is 0.478 e. The highest BCUT2D eigenvalue weighted by molar-refractivity contribution is 5.89.